The number of carbonyl (C=O) groups is 1. The molecule has 0 aliphatic rings. The number of nitrogens with one attached hydrogen (secondary N) is 2. The minimum Gasteiger partial charge on any atom is -0.317 e. The molecule has 0 atom stereocenters. The van der Waals surface area contributed by atoms with Crippen molar-refractivity contribution in [3.8, 4) is 5.69 Å². The van der Waals surface area contributed by atoms with E-state index in [1.165, 1.54) is 0 Å². The molecule has 0 bridgehead atoms. The molecule has 3 aromatic rings. The van der Waals surface area contributed by atoms with Crippen molar-refractivity contribution in [1.29, 1.82) is 0 Å². The Balaban J connectivity index is 1.85. The Morgan fingerprint density at radius 3 is 2.71 bits per heavy atom. The summed E-state index contributed by atoms with van der Waals surface area (Å²) in [4.78, 5) is 12.5. The van der Waals surface area contributed by atoms with E-state index in [1.54, 1.807) is 6.07 Å². The molecule has 1 amide bonds. The first-order chi connectivity index (χ1) is 11.6. The molecule has 0 saturated heterocycles. The topological polar surface area (TPSA) is 75.6 Å². The van der Waals surface area contributed by atoms with Gasteiger partial charge in [-0.15, -0.1) is 0 Å². The van der Waals surface area contributed by atoms with Gasteiger partial charge in [0.15, 0.2) is 5.69 Å². The number of para-hydroxylation sites is 1. The van der Waals surface area contributed by atoms with Gasteiger partial charge in [-0.2, -0.15) is 10.2 Å². The summed E-state index contributed by atoms with van der Waals surface area (Å²) in [7, 11) is 0. The lowest BCUT2D eigenvalue weighted by atomic mass is 10.2. The molecular weight excluding hydrogens is 302 g/mol. The van der Waals surface area contributed by atoms with E-state index >= 15 is 0 Å². The van der Waals surface area contributed by atoms with Crippen molar-refractivity contribution in [2.45, 2.75) is 33.6 Å². The van der Waals surface area contributed by atoms with Crippen LogP contribution in [0.2, 0.25) is 0 Å². The van der Waals surface area contributed by atoms with E-state index < -0.39 is 0 Å². The minimum atomic E-state index is -0.229. The molecule has 0 radical (unpaired) electrons. The summed E-state index contributed by atoms with van der Waals surface area (Å²) in [5.74, 6) is -0.229. The summed E-state index contributed by atoms with van der Waals surface area (Å²) >= 11 is 0. The molecule has 0 aliphatic heterocycles. The Morgan fingerprint density at radius 2 is 2.00 bits per heavy atom. The third kappa shape index (κ3) is 3.08. The minimum absolute atomic E-state index is 0.229. The second-order valence-corrected chi connectivity index (χ2v) is 5.78. The van der Waals surface area contributed by atoms with E-state index in [0.29, 0.717) is 5.69 Å². The zero-order valence-corrected chi connectivity index (χ0v) is 14.1. The fraction of sp³-hybridized carbons (Fsp3) is 0.278. The lowest BCUT2D eigenvalue weighted by molar-refractivity contribution is 0.102. The fourth-order valence-corrected chi connectivity index (χ4v) is 2.70. The Bertz CT molecular complexity index is 848. The molecule has 6 heteroatoms. The SMILES string of the molecule is CCCc1cc(C(=O)Nc2c(C)nn(-c3ccccc3)c2C)n[nH]1. The lowest BCUT2D eigenvalue weighted by Gasteiger charge is -2.06. The van der Waals surface area contributed by atoms with Gasteiger partial charge in [0.25, 0.3) is 5.91 Å². The number of nitrogens with zero attached hydrogens (tertiary/aromatic N) is 3. The van der Waals surface area contributed by atoms with Gasteiger partial charge in [-0.25, -0.2) is 4.68 Å². The van der Waals surface area contributed by atoms with Crippen LogP contribution in [-0.2, 0) is 6.42 Å². The summed E-state index contributed by atoms with van der Waals surface area (Å²) in [5, 5.41) is 14.5. The van der Waals surface area contributed by atoms with Crippen molar-refractivity contribution in [3.05, 3.63) is 59.2 Å². The van der Waals surface area contributed by atoms with Crippen molar-refractivity contribution < 1.29 is 4.79 Å². The predicted octanol–water partition coefficient (Wildman–Crippen LogP) is 3.42. The first-order valence-electron chi connectivity index (χ1n) is 8.07. The summed E-state index contributed by atoms with van der Waals surface area (Å²) in [6.07, 6.45) is 1.88. The molecule has 0 spiro atoms. The second-order valence-electron chi connectivity index (χ2n) is 5.78. The highest BCUT2D eigenvalue weighted by molar-refractivity contribution is 6.03. The van der Waals surface area contributed by atoms with Crippen LogP contribution < -0.4 is 5.32 Å². The third-order valence-corrected chi connectivity index (χ3v) is 3.91. The number of aromatic nitrogens is 4. The van der Waals surface area contributed by atoms with Crippen LogP contribution in [0.25, 0.3) is 5.69 Å². The van der Waals surface area contributed by atoms with E-state index in [-0.39, 0.29) is 5.91 Å². The van der Waals surface area contributed by atoms with Gasteiger partial charge in [0.05, 0.1) is 22.8 Å². The van der Waals surface area contributed by atoms with E-state index in [1.807, 2.05) is 48.9 Å². The molecule has 0 saturated carbocycles. The average Bonchev–Trinajstić information content (AvgIpc) is 3.16. The molecule has 2 heterocycles. The van der Waals surface area contributed by atoms with Gasteiger partial charge in [-0.3, -0.25) is 9.89 Å². The van der Waals surface area contributed by atoms with Crippen LogP contribution >= 0.6 is 0 Å². The highest BCUT2D eigenvalue weighted by Gasteiger charge is 2.17. The number of carbonyl (C=O) groups excluding carboxylic acids is 1. The normalized spacial score (nSPS) is 10.8. The van der Waals surface area contributed by atoms with Crippen LogP contribution in [0.1, 0.15) is 40.9 Å². The third-order valence-electron chi connectivity index (χ3n) is 3.91. The van der Waals surface area contributed by atoms with E-state index in [9.17, 15) is 4.79 Å². The molecule has 0 unspecified atom stereocenters. The molecule has 124 valence electrons. The second kappa shape index (κ2) is 6.70. The van der Waals surface area contributed by atoms with Gasteiger partial charge in [0, 0.05) is 5.69 Å². The Kier molecular flexibility index (Phi) is 4.46. The van der Waals surface area contributed by atoms with E-state index in [2.05, 4.69) is 27.5 Å². The molecular formula is C18H21N5O. The van der Waals surface area contributed by atoms with E-state index in [0.717, 1.165) is 41.3 Å². The highest BCUT2D eigenvalue weighted by Crippen LogP contribution is 2.23. The van der Waals surface area contributed by atoms with Crippen LogP contribution in [0, 0.1) is 13.8 Å². The highest BCUT2D eigenvalue weighted by atomic mass is 16.2. The number of hydrogen-bond donors (Lipinski definition) is 2. The number of amides is 1. The zero-order chi connectivity index (χ0) is 17.1. The Morgan fingerprint density at radius 1 is 1.25 bits per heavy atom. The van der Waals surface area contributed by atoms with Crippen LogP contribution in [-0.4, -0.2) is 25.9 Å². The Labute approximate surface area is 140 Å². The summed E-state index contributed by atoms with van der Waals surface area (Å²) in [5.41, 5.74) is 4.71. The number of benzene rings is 1. The van der Waals surface area contributed by atoms with E-state index in [4.69, 9.17) is 0 Å². The maximum Gasteiger partial charge on any atom is 0.276 e. The van der Waals surface area contributed by atoms with Crippen molar-refractivity contribution in [1.82, 2.24) is 20.0 Å². The maximum atomic E-state index is 12.5. The number of H-pyrrole nitrogens is 1. The van der Waals surface area contributed by atoms with Crippen molar-refractivity contribution in [2.24, 2.45) is 0 Å². The lowest BCUT2D eigenvalue weighted by Crippen LogP contribution is -2.13. The largest absolute Gasteiger partial charge is 0.317 e. The monoisotopic (exact) mass is 323 g/mol. The molecule has 24 heavy (non-hydrogen) atoms. The number of aromatic amines is 1. The van der Waals surface area contributed by atoms with Crippen molar-refractivity contribution in [2.75, 3.05) is 5.32 Å². The maximum absolute atomic E-state index is 12.5. The summed E-state index contributed by atoms with van der Waals surface area (Å²) in [6, 6.07) is 11.6. The summed E-state index contributed by atoms with van der Waals surface area (Å²) < 4.78 is 1.83. The quantitative estimate of drug-likeness (QED) is 0.755. The van der Waals surface area contributed by atoms with Crippen LogP contribution in [0.4, 0.5) is 5.69 Å². The average molecular weight is 323 g/mol. The molecule has 0 fully saturated rings. The van der Waals surface area contributed by atoms with Gasteiger partial charge in [0.1, 0.15) is 0 Å². The smallest absolute Gasteiger partial charge is 0.276 e. The molecule has 3 rings (SSSR count). The zero-order valence-electron chi connectivity index (χ0n) is 14.1. The first-order valence-corrected chi connectivity index (χ1v) is 8.07. The molecule has 1 aromatic carbocycles. The Hall–Kier alpha value is -2.89. The van der Waals surface area contributed by atoms with Gasteiger partial charge in [-0.1, -0.05) is 31.5 Å². The van der Waals surface area contributed by atoms with Crippen LogP contribution in [0.15, 0.2) is 36.4 Å². The summed E-state index contributed by atoms with van der Waals surface area (Å²) in [6.45, 7) is 5.91. The van der Waals surface area contributed by atoms with Crippen LogP contribution in [0.3, 0.4) is 0 Å². The van der Waals surface area contributed by atoms with Gasteiger partial charge >= 0.3 is 0 Å². The van der Waals surface area contributed by atoms with Gasteiger partial charge in [0.2, 0.25) is 0 Å². The van der Waals surface area contributed by atoms with Crippen molar-refractivity contribution in [3.63, 3.8) is 0 Å². The van der Waals surface area contributed by atoms with Crippen LogP contribution in [0.5, 0.6) is 0 Å². The number of hydrogen-bond acceptors (Lipinski definition) is 3. The molecule has 6 nitrogen and oxygen atoms in total. The number of rotatable bonds is 5. The van der Waals surface area contributed by atoms with Gasteiger partial charge < -0.3 is 5.32 Å². The number of anilines is 1. The molecule has 0 aliphatic carbocycles. The number of aryl methyl sites for hydroxylation is 2. The molecule has 2 aromatic heterocycles. The van der Waals surface area contributed by atoms with Gasteiger partial charge in [-0.05, 0) is 38.5 Å². The first kappa shape index (κ1) is 16.0. The fourth-order valence-electron chi connectivity index (χ4n) is 2.70. The van der Waals surface area contributed by atoms with Crippen molar-refractivity contribution >= 4 is 11.6 Å². The standard InChI is InChI=1S/C18H21N5O/c1-4-8-14-11-16(21-20-14)18(24)19-17-12(2)22-23(13(17)3)15-9-6-5-7-10-15/h5-7,9-11H,4,8H2,1-3H3,(H,19,24)(H,20,21). The molecule has 2 N–H and O–H groups in total. The predicted molar refractivity (Wildman–Crippen MR) is 93.6 cm³/mol.